The lowest BCUT2D eigenvalue weighted by Gasteiger charge is -2.32. The number of rotatable bonds is 5. The van der Waals surface area contributed by atoms with Crippen LogP contribution in [0.25, 0.3) is 78.5 Å². The van der Waals surface area contributed by atoms with Crippen molar-refractivity contribution in [3.8, 4) is 56.3 Å². The van der Waals surface area contributed by atoms with Gasteiger partial charge in [-0.1, -0.05) is 92.2 Å². The highest BCUT2D eigenvalue weighted by molar-refractivity contribution is 6.62. The Morgan fingerprint density at radius 3 is 1.67 bits per heavy atom. The topological polar surface area (TPSA) is 70.5 Å². The van der Waals surface area contributed by atoms with Crippen LogP contribution in [0.5, 0.6) is 0 Å². The van der Waals surface area contributed by atoms with Crippen LogP contribution in [-0.4, -0.2) is 28.3 Å². The van der Waals surface area contributed by atoms with Gasteiger partial charge in [-0.15, -0.1) is 0 Å². The first-order chi connectivity index (χ1) is 26.3. The molecule has 0 atom stereocenters. The number of hydrogen-bond donors (Lipinski definition) is 0. The first-order valence-electron chi connectivity index (χ1n) is 18.7. The number of benzene rings is 6. The molecule has 0 radical (unpaired) electrons. The van der Waals surface area contributed by atoms with Gasteiger partial charge in [0.15, 0.2) is 11.2 Å². The maximum Gasteiger partial charge on any atom is 0.494 e. The van der Waals surface area contributed by atoms with Gasteiger partial charge in [0.25, 0.3) is 0 Å². The van der Waals surface area contributed by atoms with Crippen LogP contribution in [0.3, 0.4) is 0 Å². The van der Waals surface area contributed by atoms with Gasteiger partial charge in [0.2, 0.25) is 11.8 Å². The van der Waals surface area contributed by atoms with Crippen molar-refractivity contribution in [2.75, 3.05) is 0 Å². The molecule has 0 spiro atoms. The molecule has 0 bridgehead atoms. The zero-order chi connectivity index (χ0) is 37.9. The summed E-state index contributed by atoms with van der Waals surface area (Å²) in [7, 11) is -0.405. The highest BCUT2D eigenvalue weighted by Gasteiger charge is 2.51. The van der Waals surface area contributed by atoms with E-state index in [1.807, 2.05) is 48.5 Å². The molecule has 8 heteroatoms. The fraction of sp³-hybridized carbons (Fsp3) is 0.191. The van der Waals surface area contributed by atoms with Crippen molar-refractivity contribution in [3.63, 3.8) is 0 Å². The van der Waals surface area contributed by atoms with E-state index in [4.69, 9.17) is 34.7 Å². The average Bonchev–Trinajstić information content (AvgIpc) is 3.91. The number of halogens is 1. The Labute approximate surface area is 325 Å². The SMILES string of the molecule is CC1(C)c2cc(-c3cccc(B4OC(C)(C)C(C)(C)O4)c3)ccc2-c2ccc(-c3ccc4nc(-c5cc(Cl)cc(-c6nc7ccccc7o6)c5)oc4c3)cc21. The van der Waals surface area contributed by atoms with E-state index in [2.05, 4.69) is 119 Å². The van der Waals surface area contributed by atoms with Gasteiger partial charge in [-0.25, -0.2) is 9.97 Å². The molecule has 0 N–H and O–H groups in total. The molecule has 0 amide bonds. The quantitative estimate of drug-likeness (QED) is 0.164. The Morgan fingerprint density at radius 1 is 0.491 bits per heavy atom. The zero-order valence-electron chi connectivity index (χ0n) is 31.5. The van der Waals surface area contributed by atoms with Gasteiger partial charge in [0.1, 0.15) is 11.0 Å². The number of hydrogen-bond acceptors (Lipinski definition) is 6. The molecule has 55 heavy (non-hydrogen) atoms. The molecule has 2 aromatic heterocycles. The number of para-hydroxylation sites is 2. The Bertz CT molecular complexity index is 2800. The molecule has 1 fully saturated rings. The monoisotopic (exact) mass is 740 g/mol. The number of nitrogens with zero attached hydrogens (tertiary/aromatic N) is 2. The molecule has 1 aliphatic heterocycles. The molecule has 1 aliphatic carbocycles. The molecule has 270 valence electrons. The van der Waals surface area contributed by atoms with Gasteiger partial charge in [0.05, 0.1) is 11.2 Å². The second kappa shape index (κ2) is 12.0. The van der Waals surface area contributed by atoms with Crippen LogP contribution < -0.4 is 5.46 Å². The number of fused-ring (bicyclic) bond motifs is 5. The average molecular weight is 741 g/mol. The summed E-state index contributed by atoms with van der Waals surface area (Å²) in [5, 5.41) is 0.543. The molecule has 3 heterocycles. The smallest absolute Gasteiger partial charge is 0.436 e. The van der Waals surface area contributed by atoms with Gasteiger partial charge in [0, 0.05) is 21.6 Å². The van der Waals surface area contributed by atoms with Crippen molar-refractivity contribution in [2.45, 2.75) is 58.2 Å². The van der Waals surface area contributed by atoms with E-state index in [9.17, 15) is 0 Å². The predicted molar refractivity (Wildman–Crippen MR) is 222 cm³/mol. The van der Waals surface area contributed by atoms with E-state index in [0.29, 0.717) is 22.4 Å². The van der Waals surface area contributed by atoms with Crippen molar-refractivity contribution in [3.05, 3.63) is 137 Å². The van der Waals surface area contributed by atoms with Crippen molar-refractivity contribution in [1.29, 1.82) is 0 Å². The second-order valence-electron chi connectivity index (χ2n) is 16.3. The van der Waals surface area contributed by atoms with Crippen molar-refractivity contribution >= 4 is 46.4 Å². The van der Waals surface area contributed by atoms with Crippen LogP contribution >= 0.6 is 11.6 Å². The van der Waals surface area contributed by atoms with Crippen LogP contribution in [0, 0.1) is 0 Å². The Balaban J connectivity index is 0.947. The van der Waals surface area contributed by atoms with Gasteiger partial charge >= 0.3 is 7.12 Å². The van der Waals surface area contributed by atoms with Crippen LogP contribution in [0.4, 0.5) is 0 Å². The van der Waals surface area contributed by atoms with E-state index in [-0.39, 0.29) is 5.41 Å². The summed E-state index contributed by atoms with van der Waals surface area (Å²) in [6.07, 6.45) is 0. The predicted octanol–water partition coefficient (Wildman–Crippen LogP) is 11.9. The maximum atomic E-state index is 6.59. The molecule has 1 saturated heterocycles. The summed E-state index contributed by atoms with van der Waals surface area (Å²) >= 11 is 6.59. The third-order valence-electron chi connectivity index (χ3n) is 11.8. The minimum absolute atomic E-state index is 0.206. The maximum absolute atomic E-state index is 6.59. The third-order valence-corrected chi connectivity index (χ3v) is 12.0. The lowest BCUT2D eigenvalue weighted by Crippen LogP contribution is -2.41. The van der Waals surface area contributed by atoms with Gasteiger partial charge in [-0.3, -0.25) is 0 Å². The zero-order valence-corrected chi connectivity index (χ0v) is 32.3. The normalized spacial score (nSPS) is 16.5. The Kier molecular flexibility index (Phi) is 7.44. The minimum atomic E-state index is -0.405. The fourth-order valence-electron chi connectivity index (χ4n) is 8.00. The lowest BCUT2D eigenvalue weighted by atomic mass is 9.77. The van der Waals surface area contributed by atoms with Crippen LogP contribution in [0.2, 0.25) is 5.02 Å². The molecule has 2 aliphatic rings. The summed E-state index contributed by atoms with van der Waals surface area (Å²) < 4.78 is 25.2. The Morgan fingerprint density at radius 2 is 1.04 bits per heavy atom. The first-order valence-corrected chi connectivity index (χ1v) is 19.0. The van der Waals surface area contributed by atoms with Gasteiger partial charge in [-0.05, 0) is 132 Å². The lowest BCUT2D eigenvalue weighted by molar-refractivity contribution is 0.00578. The number of aromatic nitrogens is 2. The molecule has 10 rings (SSSR count). The van der Waals surface area contributed by atoms with Crippen molar-refractivity contribution < 1.29 is 18.1 Å². The molecular weight excluding hydrogens is 703 g/mol. The summed E-state index contributed by atoms with van der Waals surface area (Å²) in [6, 6.07) is 41.7. The molecule has 0 unspecified atom stereocenters. The van der Waals surface area contributed by atoms with E-state index >= 15 is 0 Å². The largest absolute Gasteiger partial charge is 0.494 e. The fourth-order valence-corrected chi connectivity index (χ4v) is 8.24. The van der Waals surface area contributed by atoms with E-state index in [0.717, 1.165) is 49.9 Å². The molecule has 8 aromatic rings. The highest BCUT2D eigenvalue weighted by atomic mass is 35.5. The molecule has 0 saturated carbocycles. The minimum Gasteiger partial charge on any atom is -0.436 e. The highest BCUT2D eigenvalue weighted by Crippen LogP contribution is 2.51. The summed E-state index contributed by atoms with van der Waals surface area (Å²) in [5.74, 6) is 0.975. The molecular formula is C47H38BClN2O4. The summed E-state index contributed by atoms with van der Waals surface area (Å²) in [5.41, 5.74) is 14.2. The van der Waals surface area contributed by atoms with Crippen LogP contribution in [-0.2, 0) is 14.7 Å². The van der Waals surface area contributed by atoms with Crippen LogP contribution in [0.15, 0.2) is 130 Å². The standard InChI is InChI=1S/C47H38BClN2O4/c1-45(2)37-24-28(27-10-9-11-33(21-27)48-54-46(3,4)47(5,6)55-48)14-17-35(37)36-18-15-29(25-38(36)45)30-16-19-40-42(26-30)53-44(51-40)32-20-31(22-34(49)23-32)43-50-39-12-7-8-13-41(39)52-43/h7-26H,1-6H3. The van der Waals surface area contributed by atoms with Gasteiger partial charge < -0.3 is 18.1 Å². The first kappa shape index (κ1) is 34.1. The second-order valence-corrected chi connectivity index (χ2v) is 16.7. The van der Waals surface area contributed by atoms with E-state index < -0.39 is 18.3 Å². The molecule has 6 nitrogen and oxygen atoms in total. The van der Waals surface area contributed by atoms with E-state index in [1.165, 1.54) is 27.8 Å². The Hall–Kier alpha value is -5.47. The van der Waals surface area contributed by atoms with Crippen molar-refractivity contribution in [1.82, 2.24) is 9.97 Å². The van der Waals surface area contributed by atoms with Crippen LogP contribution in [0.1, 0.15) is 52.7 Å². The summed E-state index contributed by atoms with van der Waals surface area (Å²) in [6.45, 7) is 13.0. The summed E-state index contributed by atoms with van der Waals surface area (Å²) in [4.78, 5) is 9.48. The third kappa shape index (κ3) is 5.56. The van der Waals surface area contributed by atoms with Crippen molar-refractivity contribution in [2.24, 2.45) is 0 Å². The number of oxazole rings is 2. The van der Waals surface area contributed by atoms with E-state index in [1.54, 1.807) is 0 Å². The molecule has 6 aromatic carbocycles. The van der Waals surface area contributed by atoms with Gasteiger partial charge in [-0.2, -0.15) is 0 Å².